The van der Waals surface area contributed by atoms with Gasteiger partial charge in [-0.05, 0) is 12.5 Å². The first-order valence-corrected chi connectivity index (χ1v) is 8.01. The number of hydrogen-bond acceptors (Lipinski definition) is 3. The number of nitrogens with zero attached hydrogens (tertiary/aromatic N) is 2. The van der Waals surface area contributed by atoms with Gasteiger partial charge in [0.2, 0.25) is 0 Å². The van der Waals surface area contributed by atoms with Crippen LogP contribution in [-0.4, -0.2) is 21.8 Å². The van der Waals surface area contributed by atoms with Gasteiger partial charge in [0, 0.05) is 30.3 Å². The average Bonchev–Trinajstić information content (AvgIpc) is 2.76. The molecule has 0 aliphatic rings. The van der Waals surface area contributed by atoms with Crippen molar-refractivity contribution in [2.24, 2.45) is 0 Å². The summed E-state index contributed by atoms with van der Waals surface area (Å²) in [6.07, 6.45) is 0. The Bertz CT molecular complexity index is 470. The first-order chi connectivity index (χ1) is 8.78. The molecule has 0 aliphatic carbocycles. The first kappa shape index (κ1) is 13.7. The molecule has 0 saturated carbocycles. The summed E-state index contributed by atoms with van der Waals surface area (Å²) in [6, 6.07) is 10.6. The van der Waals surface area contributed by atoms with E-state index in [0.717, 1.165) is 30.0 Å². The summed E-state index contributed by atoms with van der Waals surface area (Å²) in [5.74, 6) is 0. The maximum Gasteiger partial charge on any atom is 0.0897 e. The third-order valence-electron chi connectivity index (χ3n) is 2.70. The van der Waals surface area contributed by atoms with Crippen molar-refractivity contribution >= 4 is 27.3 Å². The number of aryl methyl sites for hydroxylation is 1. The Morgan fingerprint density at radius 3 is 2.61 bits per heavy atom. The van der Waals surface area contributed by atoms with E-state index in [4.69, 9.17) is 0 Å². The van der Waals surface area contributed by atoms with Crippen LogP contribution in [0, 0.1) is 6.92 Å². The van der Waals surface area contributed by atoms with Gasteiger partial charge in [-0.25, -0.2) is 4.98 Å². The zero-order chi connectivity index (χ0) is 12.8. The number of benzene rings is 1. The van der Waals surface area contributed by atoms with E-state index in [0.29, 0.717) is 0 Å². The summed E-state index contributed by atoms with van der Waals surface area (Å²) >= 11 is 5.24. The lowest BCUT2D eigenvalue weighted by molar-refractivity contribution is 0.271. The topological polar surface area (TPSA) is 16.1 Å². The van der Waals surface area contributed by atoms with Gasteiger partial charge in [0.15, 0.2) is 0 Å². The Kier molecular flexibility index (Phi) is 5.35. The fraction of sp³-hybridized carbons (Fsp3) is 0.357. The van der Waals surface area contributed by atoms with Crippen LogP contribution in [0.3, 0.4) is 0 Å². The van der Waals surface area contributed by atoms with Crippen LogP contribution in [0.25, 0.3) is 0 Å². The molecule has 0 amide bonds. The molecule has 0 atom stereocenters. The van der Waals surface area contributed by atoms with Gasteiger partial charge in [-0.2, -0.15) is 0 Å². The molecule has 0 aliphatic heterocycles. The molecule has 2 aromatic rings. The van der Waals surface area contributed by atoms with Crippen LogP contribution in [0.5, 0.6) is 0 Å². The minimum Gasteiger partial charge on any atom is -0.292 e. The van der Waals surface area contributed by atoms with Gasteiger partial charge in [0.05, 0.1) is 10.7 Å². The van der Waals surface area contributed by atoms with Gasteiger partial charge in [-0.15, -0.1) is 11.3 Å². The van der Waals surface area contributed by atoms with Gasteiger partial charge in [0.25, 0.3) is 0 Å². The highest BCUT2D eigenvalue weighted by molar-refractivity contribution is 9.09. The minimum absolute atomic E-state index is 0.921. The highest BCUT2D eigenvalue weighted by Gasteiger charge is 2.08. The van der Waals surface area contributed by atoms with Gasteiger partial charge in [-0.3, -0.25) is 4.90 Å². The summed E-state index contributed by atoms with van der Waals surface area (Å²) < 4.78 is 0. The van der Waals surface area contributed by atoms with E-state index >= 15 is 0 Å². The summed E-state index contributed by atoms with van der Waals surface area (Å²) in [5, 5.41) is 4.29. The summed E-state index contributed by atoms with van der Waals surface area (Å²) in [4.78, 5) is 6.95. The van der Waals surface area contributed by atoms with Gasteiger partial charge >= 0.3 is 0 Å². The van der Waals surface area contributed by atoms with Crippen LogP contribution in [0.4, 0.5) is 0 Å². The van der Waals surface area contributed by atoms with Crippen LogP contribution in [-0.2, 0) is 13.1 Å². The zero-order valence-electron chi connectivity index (χ0n) is 10.5. The maximum absolute atomic E-state index is 4.54. The van der Waals surface area contributed by atoms with E-state index < -0.39 is 0 Å². The summed E-state index contributed by atoms with van der Waals surface area (Å²) in [7, 11) is 0. The predicted molar refractivity (Wildman–Crippen MR) is 81.2 cm³/mol. The van der Waals surface area contributed by atoms with Crippen molar-refractivity contribution in [2.45, 2.75) is 20.0 Å². The van der Waals surface area contributed by atoms with Crippen molar-refractivity contribution in [2.75, 3.05) is 11.9 Å². The number of thiazole rings is 1. The first-order valence-electron chi connectivity index (χ1n) is 6.01. The molecule has 18 heavy (non-hydrogen) atoms. The molecule has 1 aromatic heterocycles. The number of aromatic nitrogens is 1. The molecule has 2 rings (SSSR count). The van der Waals surface area contributed by atoms with E-state index in [1.807, 2.05) is 0 Å². The molecule has 0 fully saturated rings. The zero-order valence-corrected chi connectivity index (χ0v) is 12.9. The molecular weight excluding hydrogens is 308 g/mol. The van der Waals surface area contributed by atoms with Crippen molar-refractivity contribution in [3.05, 3.63) is 52.0 Å². The average molecular weight is 325 g/mol. The second-order valence-corrected chi connectivity index (χ2v) is 6.10. The smallest absolute Gasteiger partial charge is 0.0897 e. The standard InChI is InChI=1S/C14H17BrN2S/c1-12-16-14(11-18-12)10-17(8-7-15)9-13-5-3-2-4-6-13/h2-6,11H,7-10H2,1H3. The minimum atomic E-state index is 0.921. The molecule has 0 unspecified atom stereocenters. The lowest BCUT2D eigenvalue weighted by atomic mass is 10.2. The molecule has 4 heteroatoms. The second-order valence-electron chi connectivity index (χ2n) is 4.24. The van der Waals surface area contributed by atoms with Crippen molar-refractivity contribution in [1.29, 1.82) is 0 Å². The highest BCUT2D eigenvalue weighted by Crippen LogP contribution is 2.13. The Labute approximate surface area is 121 Å². The van der Waals surface area contributed by atoms with Crippen molar-refractivity contribution < 1.29 is 0 Å². The predicted octanol–water partition coefficient (Wildman–Crippen LogP) is 3.85. The Balaban J connectivity index is 1.99. The largest absolute Gasteiger partial charge is 0.292 e. The molecule has 0 radical (unpaired) electrons. The van der Waals surface area contributed by atoms with Crippen LogP contribution < -0.4 is 0 Å². The van der Waals surface area contributed by atoms with Crippen LogP contribution in [0.2, 0.25) is 0 Å². The van der Waals surface area contributed by atoms with Crippen LogP contribution in [0.15, 0.2) is 35.7 Å². The fourth-order valence-corrected chi connectivity index (χ4v) is 2.99. The Morgan fingerprint density at radius 1 is 1.22 bits per heavy atom. The van der Waals surface area contributed by atoms with Crippen molar-refractivity contribution in [1.82, 2.24) is 9.88 Å². The van der Waals surface area contributed by atoms with Gasteiger partial charge < -0.3 is 0 Å². The SMILES string of the molecule is Cc1nc(CN(CCBr)Cc2ccccc2)cs1. The van der Waals surface area contributed by atoms with Gasteiger partial charge in [0.1, 0.15) is 0 Å². The van der Waals surface area contributed by atoms with Crippen LogP contribution >= 0.6 is 27.3 Å². The van der Waals surface area contributed by atoms with Crippen molar-refractivity contribution in [3.63, 3.8) is 0 Å². The van der Waals surface area contributed by atoms with Gasteiger partial charge in [-0.1, -0.05) is 46.3 Å². The molecule has 1 aromatic carbocycles. The summed E-state index contributed by atoms with van der Waals surface area (Å²) in [6.45, 7) is 4.99. The molecular formula is C14H17BrN2S. The molecule has 0 saturated heterocycles. The normalized spacial score (nSPS) is 11.1. The second kappa shape index (κ2) is 7.02. The third kappa shape index (κ3) is 4.19. The van der Waals surface area contributed by atoms with E-state index in [-0.39, 0.29) is 0 Å². The molecule has 0 bridgehead atoms. The molecule has 96 valence electrons. The monoisotopic (exact) mass is 324 g/mol. The third-order valence-corrected chi connectivity index (χ3v) is 3.88. The number of hydrogen-bond donors (Lipinski definition) is 0. The quantitative estimate of drug-likeness (QED) is 0.750. The Morgan fingerprint density at radius 2 is 2.00 bits per heavy atom. The number of alkyl halides is 1. The van der Waals surface area contributed by atoms with E-state index in [2.05, 4.69) is 68.4 Å². The molecule has 0 spiro atoms. The van der Waals surface area contributed by atoms with E-state index in [1.165, 1.54) is 11.3 Å². The lowest BCUT2D eigenvalue weighted by Crippen LogP contribution is -2.25. The van der Waals surface area contributed by atoms with Crippen LogP contribution in [0.1, 0.15) is 16.3 Å². The molecule has 2 nitrogen and oxygen atoms in total. The van der Waals surface area contributed by atoms with E-state index in [9.17, 15) is 0 Å². The molecule has 0 N–H and O–H groups in total. The molecule has 1 heterocycles. The fourth-order valence-electron chi connectivity index (χ4n) is 1.89. The summed E-state index contributed by atoms with van der Waals surface area (Å²) in [5.41, 5.74) is 2.53. The van der Waals surface area contributed by atoms with Crippen molar-refractivity contribution in [3.8, 4) is 0 Å². The highest BCUT2D eigenvalue weighted by atomic mass is 79.9. The number of rotatable bonds is 6. The number of halogens is 1. The maximum atomic E-state index is 4.54. The van der Waals surface area contributed by atoms with E-state index in [1.54, 1.807) is 11.3 Å². The lowest BCUT2D eigenvalue weighted by Gasteiger charge is -2.20. The Hall–Kier alpha value is -0.710.